The van der Waals surface area contributed by atoms with E-state index in [-0.39, 0.29) is 5.97 Å². The summed E-state index contributed by atoms with van der Waals surface area (Å²) in [5.74, 6) is 0.726. The molecule has 0 unspecified atom stereocenters. The Balaban J connectivity index is 3.27. The molecular formula is C8H11NO2S. The first kappa shape index (κ1) is 11.1. The number of nitrogens with zero attached hydrogens (tertiary/aromatic N) is 1. The fourth-order valence-corrected chi connectivity index (χ4v) is 0.871. The molecule has 0 aliphatic rings. The first-order valence-electron chi connectivity index (χ1n) is 3.45. The molecule has 0 aromatic heterocycles. The number of carbonyl (C=O) groups excluding carboxylic acids is 1. The van der Waals surface area contributed by atoms with Crippen molar-refractivity contribution in [3.05, 3.63) is 12.2 Å². The molecule has 0 heterocycles. The first-order chi connectivity index (χ1) is 5.68. The number of thioether (sulfide) groups is 1. The van der Waals surface area contributed by atoms with Crippen LogP contribution in [-0.4, -0.2) is 24.1 Å². The van der Waals surface area contributed by atoms with Crippen molar-refractivity contribution in [1.82, 2.24) is 0 Å². The molecule has 4 heteroatoms. The molecule has 0 saturated carbocycles. The summed E-state index contributed by atoms with van der Waals surface area (Å²) in [6, 6.07) is 1.98. The third-order valence-electron chi connectivity index (χ3n) is 0.976. The van der Waals surface area contributed by atoms with Crippen molar-refractivity contribution in [3.8, 4) is 6.07 Å². The van der Waals surface area contributed by atoms with Crippen LogP contribution in [0.25, 0.3) is 0 Å². The summed E-state index contributed by atoms with van der Waals surface area (Å²) in [5.41, 5.74) is 0.403. The highest BCUT2D eigenvalue weighted by Crippen LogP contribution is 1.99. The maximum absolute atomic E-state index is 10.8. The van der Waals surface area contributed by atoms with Crippen LogP contribution >= 0.6 is 11.8 Å². The van der Waals surface area contributed by atoms with Crippen LogP contribution in [0, 0.1) is 11.3 Å². The number of nitriles is 1. The largest absolute Gasteiger partial charge is 0.461 e. The number of ether oxygens (including phenoxy) is 1. The lowest BCUT2D eigenvalue weighted by Gasteiger charge is -2.01. The van der Waals surface area contributed by atoms with Gasteiger partial charge in [0.15, 0.2) is 0 Å². The molecule has 0 aliphatic heterocycles. The van der Waals surface area contributed by atoms with Crippen molar-refractivity contribution in [1.29, 1.82) is 5.26 Å². The van der Waals surface area contributed by atoms with Gasteiger partial charge in [-0.25, -0.2) is 4.79 Å². The summed E-state index contributed by atoms with van der Waals surface area (Å²) in [6.45, 7) is 5.38. The Labute approximate surface area is 76.4 Å². The molecule has 0 aromatic rings. The molecule has 0 aliphatic carbocycles. The quantitative estimate of drug-likeness (QED) is 0.368. The van der Waals surface area contributed by atoms with Gasteiger partial charge in [0.05, 0.1) is 11.8 Å². The van der Waals surface area contributed by atoms with Gasteiger partial charge in [-0.3, -0.25) is 0 Å². The third kappa shape index (κ3) is 5.81. The van der Waals surface area contributed by atoms with Gasteiger partial charge >= 0.3 is 5.97 Å². The van der Waals surface area contributed by atoms with Crippen LogP contribution in [0.5, 0.6) is 0 Å². The fourth-order valence-electron chi connectivity index (χ4n) is 0.434. The molecule has 0 saturated heterocycles. The summed E-state index contributed by atoms with van der Waals surface area (Å²) < 4.78 is 4.78. The van der Waals surface area contributed by atoms with Gasteiger partial charge in [-0.1, -0.05) is 6.58 Å². The van der Waals surface area contributed by atoms with Crippen molar-refractivity contribution in [2.24, 2.45) is 0 Å². The zero-order valence-electron chi connectivity index (χ0n) is 7.00. The molecule has 0 spiro atoms. The van der Waals surface area contributed by atoms with Crippen LogP contribution in [-0.2, 0) is 9.53 Å². The first-order valence-corrected chi connectivity index (χ1v) is 4.61. The van der Waals surface area contributed by atoms with E-state index in [1.807, 2.05) is 6.07 Å². The Hall–Kier alpha value is -0.950. The Morgan fingerprint density at radius 1 is 1.75 bits per heavy atom. The van der Waals surface area contributed by atoms with Gasteiger partial charge in [0, 0.05) is 11.3 Å². The van der Waals surface area contributed by atoms with Gasteiger partial charge in [-0.2, -0.15) is 5.26 Å². The second-order valence-electron chi connectivity index (χ2n) is 2.13. The zero-order valence-corrected chi connectivity index (χ0v) is 7.82. The number of hydrogen-bond acceptors (Lipinski definition) is 4. The minimum Gasteiger partial charge on any atom is -0.461 e. The van der Waals surface area contributed by atoms with E-state index in [1.54, 1.807) is 6.92 Å². The Morgan fingerprint density at radius 3 is 2.92 bits per heavy atom. The van der Waals surface area contributed by atoms with E-state index in [9.17, 15) is 4.79 Å². The standard InChI is InChI=1S/C8H11NO2S/c1-7(2)8(10)11-4-6-12-5-3-9/h1,4-6H2,2H3. The molecule has 0 N–H and O–H groups in total. The van der Waals surface area contributed by atoms with Gasteiger partial charge in [0.25, 0.3) is 0 Å². The number of rotatable bonds is 5. The van der Waals surface area contributed by atoms with Crippen LogP contribution in [0.4, 0.5) is 0 Å². The molecular weight excluding hydrogens is 174 g/mol. The average molecular weight is 185 g/mol. The van der Waals surface area contributed by atoms with E-state index >= 15 is 0 Å². The molecule has 0 aromatic carbocycles. The SMILES string of the molecule is C=C(C)C(=O)OCCSCC#N. The van der Waals surface area contributed by atoms with Gasteiger partial charge in [0.1, 0.15) is 6.61 Å². The van der Waals surface area contributed by atoms with Crippen LogP contribution in [0.15, 0.2) is 12.2 Å². The summed E-state index contributed by atoms with van der Waals surface area (Å²) in [4.78, 5) is 10.8. The zero-order chi connectivity index (χ0) is 9.40. The molecule has 0 radical (unpaired) electrons. The fraction of sp³-hybridized carbons (Fsp3) is 0.500. The molecule has 0 amide bonds. The number of carbonyl (C=O) groups is 1. The van der Waals surface area contributed by atoms with E-state index in [0.717, 1.165) is 0 Å². The minimum absolute atomic E-state index is 0.345. The summed E-state index contributed by atoms with van der Waals surface area (Å²) in [7, 11) is 0. The summed E-state index contributed by atoms with van der Waals surface area (Å²) in [5, 5.41) is 8.17. The maximum atomic E-state index is 10.8. The predicted molar refractivity (Wildman–Crippen MR) is 48.7 cm³/mol. The molecule has 3 nitrogen and oxygen atoms in total. The number of esters is 1. The molecule has 0 rings (SSSR count). The van der Waals surface area contributed by atoms with Gasteiger partial charge in [-0.15, -0.1) is 11.8 Å². The van der Waals surface area contributed by atoms with E-state index in [4.69, 9.17) is 10.00 Å². The van der Waals surface area contributed by atoms with E-state index in [0.29, 0.717) is 23.7 Å². The van der Waals surface area contributed by atoms with Gasteiger partial charge in [-0.05, 0) is 6.92 Å². The third-order valence-corrected chi connectivity index (χ3v) is 1.76. The highest BCUT2D eigenvalue weighted by molar-refractivity contribution is 7.99. The molecule has 0 bridgehead atoms. The smallest absolute Gasteiger partial charge is 0.333 e. The number of hydrogen-bond donors (Lipinski definition) is 0. The van der Waals surface area contributed by atoms with Crippen LogP contribution in [0.3, 0.4) is 0 Å². The Bertz CT molecular complexity index is 208. The van der Waals surface area contributed by atoms with Crippen molar-refractivity contribution in [2.45, 2.75) is 6.92 Å². The highest BCUT2D eigenvalue weighted by Gasteiger charge is 2.01. The Morgan fingerprint density at radius 2 is 2.42 bits per heavy atom. The van der Waals surface area contributed by atoms with Crippen LogP contribution < -0.4 is 0 Å². The lowest BCUT2D eigenvalue weighted by molar-refractivity contribution is -0.138. The van der Waals surface area contributed by atoms with Crippen molar-refractivity contribution >= 4 is 17.7 Å². The minimum atomic E-state index is -0.368. The molecule has 0 atom stereocenters. The summed E-state index contributed by atoms with van der Waals surface area (Å²) in [6.07, 6.45) is 0. The molecule has 12 heavy (non-hydrogen) atoms. The monoisotopic (exact) mass is 185 g/mol. The van der Waals surface area contributed by atoms with Crippen molar-refractivity contribution in [2.75, 3.05) is 18.1 Å². The van der Waals surface area contributed by atoms with E-state index in [1.165, 1.54) is 11.8 Å². The second-order valence-corrected chi connectivity index (χ2v) is 3.23. The predicted octanol–water partition coefficient (Wildman–Crippen LogP) is 1.36. The Kier molecular flexibility index (Phi) is 6.21. The lowest BCUT2D eigenvalue weighted by Crippen LogP contribution is -2.07. The van der Waals surface area contributed by atoms with Crippen LogP contribution in [0.1, 0.15) is 6.92 Å². The van der Waals surface area contributed by atoms with Crippen LogP contribution in [0.2, 0.25) is 0 Å². The second kappa shape index (κ2) is 6.74. The van der Waals surface area contributed by atoms with Crippen molar-refractivity contribution in [3.63, 3.8) is 0 Å². The van der Waals surface area contributed by atoms with Gasteiger partial charge in [0.2, 0.25) is 0 Å². The topological polar surface area (TPSA) is 50.1 Å². The average Bonchev–Trinajstić information content (AvgIpc) is 2.03. The van der Waals surface area contributed by atoms with E-state index < -0.39 is 0 Å². The normalized spacial score (nSPS) is 8.67. The lowest BCUT2D eigenvalue weighted by atomic mass is 10.4. The molecule has 66 valence electrons. The highest BCUT2D eigenvalue weighted by atomic mass is 32.2. The van der Waals surface area contributed by atoms with Gasteiger partial charge < -0.3 is 4.74 Å². The maximum Gasteiger partial charge on any atom is 0.333 e. The molecule has 0 fully saturated rings. The van der Waals surface area contributed by atoms with E-state index in [2.05, 4.69) is 6.58 Å². The van der Waals surface area contributed by atoms with Crippen molar-refractivity contribution < 1.29 is 9.53 Å². The summed E-state index contributed by atoms with van der Waals surface area (Å²) >= 11 is 1.44.